The molecule has 110 valence electrons. The second-order valence-corrected chi connectivity index (χ2v) is 4.88. The van der Waals surface area contributed by atoms with Gasteiger partial charge < -0.3 is 20.3 Å². The Morgan fingerprint density at radius 3 is 2.55 bits per heavy atom. The Balaban J connectivity index is 1.80. The molecule has 0 aromatic heterocycles. The molecule has 1 saturated heterocycles. The number of nitrogens with zero attached hydrogens (tertiary/aromatic N) is 1. The molecule has 1 aliphatic rings. The second kappa shape index (κ2) is 7.75. The van der Waals surface area contributed by atoms with Crippen LogP contribution in [0, 0.1) is 0 Å². The van der Waals surface area contributed by atoms with Gasteiger partial charge in [0.2, 0.25) is 0 Å². The SMILES string of the molecule is CCCNC(=O)NCc1ccc(N2CCOCC2)cc1. The van der Waals surface area contributed by atoms with Gasteiger partial charge in [0.25, 0.3) is 0 Å². The molecule has 0 radical (unpaired) electrons. The van der Waals surface area contributed by atoms with Crippen molar-refractivity contribution in [3.05, 3.63) is 29.8 Å². The molecule has 5 nitrogen and oxygen atoms in total. The van der Waals surface area contributed by atoms with Crippen LogP contribution in [0.5, 0.6) is 0 Å². The summed E-state index contributed by atoms with van der Waals surface area (Å²) < 4.78 is 5.35. The van der Waals surface area contributed by atoms with Crippen LogP contribution in [0.2, 0.25) is 0 Å². The molecule has 2 amide bonds. The Kier molecular flexibility index (Phi) is 5.68. The van der Waals surface area contributed by atoms with Gasteiger partial charge in [-0.15, -0.1) is 0 Å². The summed E-state index contributed by atoms with van der Waals surface area (Å²) in [5, 5.41) is 5.64. The van der Waals surface area contributed by atoms with Crippen LogP contribution in [0.25, 0.3) is 0 Å². The summed E-state index contributed by atoms with van der Waals surface area (Å²) in [6.45, 7) is 6.77. The lowest BCUT2D eigenvalue weighted by atomic mass is 10.2. The summed E-state index contributed by atoms with van der Waals surface area (Å²) in [6.07, 6.45) is 0.946. The van der Waals surface area contributed by atoms with E-state index in [4.69, 9.17) is 4.74 Å². The van der Waals surface area contributed by atoms with Gasteiger partial charge in [-0.05, 0) is 24.1 Å². The number of ether oxygens (including phenoxy) is 1. The molecular weight excluding hydrogens is 254 g/mol. The number of amides is 2. The third-order valence-electron chi connectivity index (χ3n) is 3.30. The average Bonchev–Trinajstić information content (AvgIpc) is 2.52. The molecule has 1 aromatic rings. The fourth-order valence-electron chi connectivity index (χ4n) is 2.13. The molecule has 0 aliphatic carbocycles. The van der Waals surface area contributed by atoms with E-state index in [0.717, 1.165) is 38.3 Å². The van der Waals surface area contributed by atoms with Crippen molar-refractivity contribution >= 4 is 11.7 Å². The highest BCUT2D eigenvalue weighted by Crippen LogP contribution is 2.16. The van der Waals surface area contributed by atoms with Crippen LogP contribution in [-0.2, 0) is 11.3 Å². The summed E-state index contributed by atoms with van der Waals surface area (Å²) in [4.78, 5) is 13.8. The van der Waals surface area contributed by atoms with Crippen LogP contribution >= 0.6 is 0 Å². The Bertz CT molecular complexity index is 414. The van der Waals surface area contributed by atoms with Crippen molar-refractivity contribution in [2.75, 3.05) is 37.7 Å². The van der Waals surface area contributed by atoms with Crippen LogP contribution in [0.15, 0.2) is 24.3 Å². The van der Waals surface area contributed by atoms with E-state index in [1.54, 1.807) is 0 Å². The summed E-state index contributed by atoms with van der Waals surface area (Å²) in [6, 6.07) is 8.22. The predicted octanol–water partition coefficient (Wildman–Crippen LogP) is 1.73. The van der Waals surface area contributed by atoms with E-state index in [-0.39, 0.29) is 6.03 Å². The Labute approximate surface area is 120 Å². The lowest BCUT2D eigenvalue weighted by Crippen LogP contribution is -2.36. The van der Waals surface area contributed by atoms with Crippen molar-refractivity contribution < 1.29 is 9.53 Å². The highest BCUT2D eigenvalue weighted by Gasteiger charge is 2.10. The van der Waals surface area contributed by atoms with E-state index in [1.807, 2.05) is 6.92 Å². The minimum Gasteiger partial charge on any atom is -0.378 e. The number of benzene rings is 1. The van der Waals surface area contributed by atoms with Gasteiger partial charge in [-0.1, -0.05) is 19.1 Å². The van der Waals surface area contributed by atoms with Gasteiger partial charge in [0, 0.05) is 31.9 Å². The molecule has 0 unspecified atom stereocenters. The third kappa shape index (κ3) is 4.42. The zero-order chi connectivity index (χ0) is 14.2. The highest BCUT2D eigenvalue weighted by atomic mass is 16.5. The second-order valence-electron chi connectivity index (χ2n) is 4.88. The van der Waals surface area contributed by atoms with Crippen LogP contribution < -0.4 is 15.5 Å². The van der Waals surface area contributed by atoms with E-state index in [1.165, 1.54) is 5.69 Å². The number of urea groups is 1. The van der Waals surface area contributed by atoms with Gasteiger partial charge in [0.15, 0.2) is 0 Å². The maximum atomic E-state index is 11.4. The van der Waals surface area contributed by atoms with E-state index < -0.39 is 0 Å². The maximum absolute atomic E-state index is 11.4. The molecule has 0 spiro atoms. The molecule has 2 rings (SSSR count). The van der Waals surface area contributed by atoms with Crippen LogP contribution in [0.1, 0.15) is 18.9 Å². The van der Waals surface area contributed by atoms with E-state index in [0.29, 0.717) is 13.1 Å². The Morgan fingerprint density at radius 2 is 1.90 bits per heavy atom. The molecular formula is C15H23N3O2. The van der Waals surface area contributed by atoms with Gasteiger partial charge in [0.05, 0.1) is 13.2 Å². The van der Waals surface area contributed by atoms with Gasteiger partial charge >= 0.3 is 6.03 Å². The molecule has 1 heterocycles. The average molecular weight is 277 g/mol. The normalized spacial score (nSPS) is 14.9. The minimum atomic E-state index is -0.107. The van der Waals surface area contributed by atoms with Crippen LogP contribution in [0.4, 0.5) is 10.5 Å². The van der Waals surface area contributed by atoms with Crippen LogP contribution in [0.3, 0.4) is 0 Å². The molecule has 1 aliphatic heterocycles. The summed E-state index contributed by atoms with van der Waals surface area (Å²) >= 11 is 0. The molecule has 2 N–H and O–H groups in total. The smallest absolute Gasteiger partial charge is 0.315 e. The minimum absolute atomic E-state index is 0.107. The number of carbonyl (C=O) groups is 1. The number of anilines is 1. The van der Waals surface area contributed by atoms with E-state index in [9.17, 15) is 4.79 Å². The monoisotopic (exact) mass is 277 g/mol. The number of hydrogen-bond acceptors (Lipinski definition) is 3. The number of hydrogen-bond donors (Lipinski definition) is 2. The first kappa shape index (κ1) is 14.7. The number of morpholine rings is 1. The number of rotatable bonds is 5. The largest absolute Gasteiger partial charge is 0.378 e. The van der Waals surface area contributed by atoms with Gasteiger partial charge in [0.1, 0.15) is 0 Å². The third-order valence-corrected chi connectivity index (χ3v) is 3.30. The predicted molar refractivity (Wildman–Crippen MR) is 80.0 cm³/mol. The fraction of sp³-hybridized carbons (Fsp3) is 0.533. The zero-order valence-electron chi connectivity index (χ0n) is 12.0. The topological polar surface area (TPSA) is 53.6 Å². The van der Waals surface area contributed by atoms with Crippen molar-refractivity contribution in [1.29, 1.82) is 0 Å². The van der Waals surface area contributed by atoms with E-state index in [2.05, 4.69) is 39.8 Å². The first-order valence-electron chi connectivity index (χ1n) is 7.23. The Hall–Kier alpha value is -1.75. The molecule has 0 saturated carbocycles. The van der Waals surface area contributed by atoms with E-state index >= 15 is 0 Å². The van der Waals surface area contributed by atoms with Gasteiger partial charge in [-0.2, -0.15) is 0 Å². The molecule has 5 heteroatoms. The van der Waals surface area contributed by atoms with Crippen molar-refractivity contribution in [1.82, 2.24) is 10.6 Å². The summed E-state index contributed by atoms with van der Waals surface area (Å²) in [5.74, 6) is 0. The molecule has 20 heavy (non-hydrogen) atoms. The molecule has 1 aromatic carbocycles. The maximum Gasteiger partial charge on any atom is 0.315 e. The first-order valence-corrected chi connectivity index (χ1v) is 7.23. The molecule has 0 atom stereocenters. The summed E-state index contributed by atoms with van der Waals surface area (Å²) in [5.41, 5.74) is 2.32. The molecule has 0 bridgehead atoms. The first-order chi connectivity index (χ1) is 9.79. The molecule has 1 fully saturated rings. The van der Waals surface area contributed by atoms with Crippen molar-refractivity contribution in [2.24, 2.45) is 0 Å². The number of carbonyl (C=O) groups excluding carboxylic acids is 1. The lowest BCUT2D eigenvalue weighted by Gasteiger charge is -2.28. The van der Waals surface area contributed by atoms with Crippen molar-refractivity contribution in [3.8, 4) is 0 Å². The van der Waals surface area contributed by atoms with Crippen molar-refractivity contribution in [2.45, 2.75) is 19.9 Å². The van der Waals surface area contributed by atoms with Crippen molar-refractivity contribution in [3.63, 3.8) is 0 Å². The zero-order valence-corrected chi connectivity index (χ0v) is 12.0. The lowest BCUT2D eigenvalue weighted by molar-refractivity contribution is 0.122. The standard InChI is InChI=1S/C15H23N3O2/c1-2-7-16-15(19)17-12-13-3-5-14(6-4-13)18-8-10-20-11-9-18/h3-6H,2,7-12H2,1H3,(H2,16,17,19). The van der Waals surface area contributed by atoms with Crippen LogP contribution in [-0.4, -0.2) is 38.9 Å². The Morgan fingerprint density at radius 1 is 1.20 bits per heavy atom. The highest BCUT2D eigenvalue weighted by molar-refractivity contribution is 5.73. The summed E-state index contributed by atoms with van der Waals surface area (Å²) in [7, 11) is 0. The van der Waals surface area contributed by atoms with Gasteiger partial charge in [-0.25, -0.2) is 4.79 Å². The quantitative estimate of drug-likeness (QED) is 0.862. The number of nitrogens with one attached hydrogen (secondary N) is 2. The van der Waals surface area contributed by atoms with Gasteiger partial charge in [-0.3, -0.25) is 0 Å². The fourth-order valence-corrected chi connectivity index (χ4v) is 2.13.